The van der Waals surface area contributed by atoms with Crippen LogP contribution >= 0.6 is 11.6 Å². The van der Waals surface area contributed by atoms with Crippen LogP contribution in [0.15, 0.2) is 53.4 Å². The molecule has 0 N–H and O–H groups in total. The summed E-state index contributed by atoms with van der Waals surface area (Å²) in [5.41, 5.74) is 2.16. The van der Waals surface area contributed by atoms with Crippen molar-refractivity contribution in [1.29, 1.82) is 0 Å². The predicted octanol–water partition coefficient (Wildman–Crippen LogP) is 3.46. The van der Waals surface area contributed by atoms with Crippen molar-refractivity contribution in [2.45, 2.75) is 24.8 Å². The van der Waals surface area contributed by atoms with Gasteiger partial charge in [0.05, 0.1) is 30.0 Å². The van der Waals surface area contributed by atoms with Crippen LogP contribution in [-0.4, -0.2) is 48.7 Å². The highest BCUT2D eigenvalue weighted by molar-refractivity contribution is 7.89. The van der Waals surface area contributed by atoms with E-state index in [9.17, 15) is 13.2 Å². The van der Waals surface area contributed by atoms with Gasteiger partial charge in [0.2, 0.25) is 10.0 Å². The molecule has 0 saturated carbocycles. The number of fused-ring (bicyclic) bond motifs is 1. The molecular formula is C22H22ClN3O5S. The van der Waals surface area contributed by atoms with E-state index >= 15 is 0 Å². The van der Waals surface area contributed by atoms with Crippen LogP contribution in [0, 0.1) is 0 Å². The summed E-state index contributed by atoms with van der Waals surface area (Å²) < 4.78 is 39.8. The van der Waals surface area contributed by atoms with Crippen molar-refractivity contribution in [3.05, 3.63) is 70.5 Å². The van der Waals surface area contributed by atoms with Crippen LogP contribution < -0.4 is 4.74 Å². The van der Waals surface area contributed by atoms with E-state index in [0.717, 1.165) is 11.4 Å². The summed E-state index contributed by atoms with van der Waals surface area (Å²) in [5.74, 6) is -0.0149. The molecule has 3 aromatic rings. The van der Waals surface area contributed by atoms with Gasteiger partial charge in [0, 0.05) is 30.1 Å². The molecule has 0 spiro atoms. The maximum Gasteiger partial charge on any atom is 0.359 e. The van der Waals surface area contributed by atoms with Gasteiger partial charge in [0.1, 0.15) is 5.75 Å². The van der Waals surface area contributed by atoms with Crippen LogP contribution in [0.3, 0.4) is 0 Å². The van der Waals surface area contributed by atoms with E-state index < -0.39 is 16.0 Å². The highest BCUT2D eigenvalue weighted by Crippen LogP contribution is 2.30. The van der Waals surface area contributed by atoms with Gasteiger partial charge in [-0.15, -0.1) is 0 Å². The summed E-state index contributed by atoms with van der Waals surface area (Å²) in [4.78, 5) is 12.8. The van der Waals surface area contributed by atoms with Crippen molar-refractivity contribution < 1.29 is 22.7 Å². The number of halogens is 1. The Morgan fingerprint density at radius 3 is 2.44 bits per heavy atom. The number of aromatic nitrogens is 2. The van der Waals surface area contributed by atoms with Gasteiger partial charge in [0.25, 0.3) is 0 Å². The zero-order valence-corrected chi connectivity index (χ0v) is 19.2. The molecule has 1 aliphatic rings. The number of hydrogen-bond donors (Lipinski definition) is 0. The van der Waals surface area contributed by atoms with E-state index in [4.69, 9.17) is 21.1 Å². The van der Waals surface area contributed by atoms with Gasteiger partial charge in [-0.3, -0.25) is 0 Å². The van der Waals surface area contributed by atoms with Crippen LogP contribution in [0.5, 0.6) is 5.75 Å². The maximum absolute atomic E-state index is 13.2. The molecule has 2 aromatic carbocycles. The molecule has 10 heteroatoms. The molecule has 0 saturated heterocycles. The van der Waals surface area contributed by atoms with Crippen molar-refractivity contribution in [1.82, 2.24) is 14.1 Å². The fourth-order valence-electron chi connectivity index (χ4n) is 3.66. The zero-order valence-electron chi connectivity index (χ0n) is 17.6. The maximum atomic E-state index is 13.2. The first kappa shape index (κ1) is 22.3. The smallest absolute Gasteiger partial charge is 0.359 e. The third-order valence-corrected chi connectivity index (χ3v) is 7.37. The fourth-order valence-corrected chi connectivity index (χ4v) is 5.19. The van der Waals surface area contributed by atoms with Gasteiger partial charge in [0.15, 0.2) is 5.69 Å². The lowest BCUT2D eigenvalue weighted by Gasteiger charge is -2.27. The monoisotopic (exact) mass is 475 g/mol. The Morgan fingerprint density at radius 2 is 1.81 bits per heavy atom. The third-order valence-electron chi connectivity index (χ3n) is 5.26. The first-order valence-corrected chi connectivity index (χ1v) is 11.8. The molecule has 1 aliphatic heterocycles. The van der Waals surface area contributed by atoms with Gasteiger partial charge in [-0.2, -0.15) is 9.40 Å². The SMILES string of the molecule is CCOC(=O)c1nn(-c2ccc(Cl)cc2)c2c1CN(S(=O)(=O)c1ccc(OC)cc1)CC2. The lowest BCUT2D eigenvalue weighted by molar-refractivity contribution is 0.0517. The molecule has 4 rings (SSSR count). The van der Waals surface area contributed by atoms with Crippen molar-refractivity contribution in [2.24, 2.45) is 0 Å². The fraction of sp³-hybridized carbons (Fsp3) is 0.273. The second-order valence-corrected chi connectivity index (χ2v) is 9.52. The van der Waals surface area contributed by atoms with Gasteiger partial charge >= 0.3 is 5.97 Å². The molecule has 0 amide bonds. The quantitative estimate of drug-likeness (QED) is 0.507. The van der Waals surface area contributed by atoms with Crippen LogP contribution in [0.1, 0.15) is 28.7 Å². The molecule has 0 aliphatic carbocycles. The summed E-state index contributed by atoms with van der Waals surface area (Å²) in [6.07, 6.45) is 0.389. The van der Waals surface area contributed by atoms with Crippen LogP contribution in [-0.2, 0) is 27.7 Å². The average Bonchev–Trinajstić information content (AvgIpc) is 3.19. The number of methoxy groups -OCH3 is 1. The molecule has 168 valence electrons. The number of benzene rings is 2. The molecule has 0 fully saturated rings. The molecule has 0 atom stereocenters. The van der Waals surface area contributed by atoms with E-state index in [2.05, 4.69) is 5.10 Å². The number of ether oxygens (including phenoxy) is 2. The number of hydrogen-bond acceptors (Lipinski definition) is 6. The molecule has 0 bridgehead atoms. The summed E-state index contributed by atoms with van der Waals surface area (Å²) in [6.45, 7) is 2.17. The first-order chi connectivity index (χ1) is 15.3. The second-order valence-electron chi connectivity index (χ2n) is 7.15. The van der Waals surface area contributed by atoms with Gasteiger partial charge in [-0.05, 0) is 55.5 Å². The van der Waals surface area contributed by atoms with Crippen LogP contribution in [0.2, 0.25) is 5.02 Å². The summed E-state index contributed by atoms with van der Waals surface area (Å²) in [5, 5.41) is 5.06. The predicted molar refractivity (Wildman–Crippen MR) is 119 cm³/mol. The Morgan fingerprint density at radius 1 is 1.12 bits per heavy atom. The molecule has 1 aromatic heterocycles. The molecule has 0 radical (unpaired) electrons. The minimum Gasteiger partial charge on any atom is -0.497 e. The van der Waals surface area contributed by atoms with Crippen LogP contribution in [0.25, 0.3) is 5.69 Å². The van der Waals surface area contributed by atoms with E-state index in [0.29, 0.717) is 22.8 Å². The standard InChI is InChI=1S/C22H22ClN3O5S/c1-3-31-22(27)21-19-14-25(32(28,29)18-10-8-17(30-2)9-11-18)13-12-20(19)26(24-21)16-6-4-15(23)5-7-16/h4-11H,3,12-14H2,1-2H3. The Hall–Kier alpha value is -2.88. The van der Waals surface area contributed by atoms with E-state index in [1.165, 1.54) is 23.5 Å². The van der Waals surface area contributed by atoms with Crippen molar-refractivity contribution in [3.63, 3.8) is 0 Å². The highest BCUT2D eigenvalue weighted by atomic mass is 35.5. The van der Waals surface area contributed by atoms with E-state index in [-0.39, 0.29) is 30.3 Å². The van der Waals surface area contributed by atoms with Crippen LogP contribution in [0.4, 0.5) is 0 Å². The Labute approximate surface area is 191 Å². The number of sulfonamides is 1. The average molecular weight is 476 g/mol. The molecule has 2 heterocycles. The molecule has 0 unspecified atom stereocenters. The van der Waals surface area contributed by atoms with Gasteiger partial charge in [-0.1, -0.05) is 11.6 Å². The number of nitrogens with zero attached hydrogens (tertiary/aromatic N) is 3. The lowest BCUT2D eigenvalue weighted by atomic mass is 10.1. The summed E-state index contributed by atoms with van der Waals surface area (Å²) in [6, 6.07) is 13.3. The first-order valence-electron chi connectivity index (χ1n) is 10.0. The lowest BCUT2D eigenvalue weighted by Crippen LogP contribution is -2.36. The van der Waals surface area contributed by atoms with E-state index in [1.54, 1.807) is 48.0 Å². The number of rotatable bonds is 6. The number of carbonyl (C=O) groups is 1. The topological polar surface area (TPSA) is 90.7 Å². The molecule has 32 heavy (non-hydrogen) atoms. The van der Waals surface area contributed by atoms with Gasteiger partial charge < -0.3 is 9.47 Å². The Bertz CT molecular complexity index is 1240. The molecule has 8 nitrogen and oxygen atoms in total. The molecular weight excluding hydrogens is 454 g/mol. The Kier molecular flexibility index (Phi) is 6.23. The number of esters is 1. The summed E-state index contributed by atoms with van der Waals surface area (Å²) in [7, 11) is -2.26. The Balaban J connectivity index is 1.73. The van der Waals surface area contributed by atoms with Crippen molar-refractivity contribution in [3.8, 4) is 11.4 Å². The number of carbonyl (C=O) groups excluding carboxylic acids is 1. The van der Waals surface area contributed by atoms with E-state index in [1.807, 2.05) is 0 Å². The summed E-state index contributed by atoms with van der Waals surface area (Å²) >= 11 is 6.00. The largest absolute Gasteiger partial charge is 0.497 e. The van der Waals surface area contributed by atoms with Crippen molar-refractivity contribution >= 4 is 27.6 Å². The second kappa shape index (κ2) is 8.93. The normalized spacial score (nSPS) is 14.1. The van der Waals surface area contributed by atoms with Crippen molar-refractivity contribution in [2.75, 3.05) is 20.3 Å². The highest BCUT2D eigenvalue weighted by Gasteiger charge is 2.34. The third kappa shape index (κ3) is 4.11. The minimum atomic E-state index is -3.77. The van der Waals surface area contributed by atoms with Gasteiger partial charge in [-0.25, -0.2) is 17.9 Å². The minimum absolute atomic E-state index is 0.0193. The zero-order chi connectivity index (χ0) is 22.9.